The average Bonchev–Trinajstić information content (AvgIpc) is 2.19. The summed E-state index contributed by atoms with van der Waals surface area (Å²) in [6.45, 7) is 0.793. The van der Waals surface area contributed by atoms with Gasteiger partial charge in [0.15, 0.2) is 0 Å². The minimum atomic E-state index is -5.29. The first-order valence-corrected chi connectivity index (χ1v) is 8.77. The Morgan fingerprint density at radius 3 is 1.78 bits per heavy atom. The Balaban J connectivity index is 4.40. The molecule has 0 aliphatic carbocycles. The molecule has 0 atom stereocenters. The van der Waals surface area contributed by atoms with E-state index in [1.165, 1.54) is 0 Å². The summed E-state index contributed by atoms with van der Waals surface area (Å²) < 4.78 is 22.0. The van der Waals surface area contributed by atoms with Crippen LogP contribution in [0.25, 0.3) is 0 Å². The zero-order valence-electron chi connectivity index (χ0n) is 10.2. The maximum absolute atomic E-state index is 11.0. The number of hydrogen-bond acceptors (Lipinski definition) is 4. The topological polar surface area (TPSA) is 147 Å². The number of nitrogens with one attached hydrogen (secondary N) is 1. The van der Waals surface area contributed by atoms with Crippen molar-refractivity contribution in [2.75, 3.05) is 13.6 Å². The standard InChI is InChI=1S/C8H21NO7P2/c1-9-7-5-3-2-4-6-8(10,17(11,12)13)18(14,15)16/h9-10H,2-7H2,1H3,(H2,11,12,13)(H2,14,15,16). The van der Waals surface area contributed by atoms with Crippen LogP contribution in [0, 0.1) is 0 Å². The van der Waals surface area contributed by atoms with Crippen LogP contribution in [0.3, 0.4) is 0 Å². The number of unbranched alkanes of at least 4 members (excludes halogenated alkanes) is 3. The maximum Gasteiger partial charge on any atom is 0.369 e. The first-order chi connectivity index (χ1) is 8.06. The van der Waals surface area contributed by atoms with Crippen LogP contribution in [0.2, 0.25) is 0 Å². The fourth-order valence-electron chi connectivity index (χ4n) is 1.48. The van der Waals surface area contributed by atoms with Crippen LogP contribution in [0.5, 0.6) is 0 Å². The van der Waals surface area contributed by atoms with Crippen LogP contribution in [0.1, 0.15) is 32.1 Å². The predicted octanol–water partition coefficient (Wildman–Crippen LogP) is 0.158. The monoisotopic (exact) mass is 305 g/mol. The van der Waals surface area contributed by atoms with Crippen molar-refractivity contribution < 1.29 is 33.8 Å². The van der Waals surface area contributed by atoms with E-state index in [-0.39, 0.29) is 6.42 Å². The van der Waals surface area contributed by atoms with E-state index in [2.05, 4.69) is 5.32 Å². The van der Waals surface area contributed by atoms with Gasteiger partial charge in [-0.1, -0.05) is 12.8 Å². The fourth-order valence-corrected chi connectivity index (χ4v) is 3.73. The highest BCUT2D eigenvalue weighted by Gasteiger charge is 2.58. The number of rotatable bonds is 9. The van der Waals surface area contributed by atoms with Gasteiger partial charge in [0, 0.05) is 0 Å². The normalized spacial score (nSPS) is 13.9. The molecule has 0 heterocycles. The quantitative estimate of drug-likeness (QED) is 0.261. The van der Waals surface area contributed by atoms with Gasteiger partial charge in [-0.15, -0.1) is 0 Å². The SMILES string of the molecule is CNCCCCCCC(O)(P(=O)(O)O)P(=O)(O)O. The van der Waals surface area contributed by atoms with Gasteiger partial charge in [-0.2, -0.15) is 0 Å². The Labute approximate surface area is 106 Å². The van der Waals surface area contributed by atoms with E-state index in [1.807, 2.05) is 0 Å². The van der Waals surface area contributed by atoms with E-state index < -0.39 is 26.7 Å². The molecule has 0 unspecified atom stereocenters. The van der Waals surface area contributed by atoms with Crippen molar-refractivity contribution in [3.8, 4) is 0 Å². The predicted molar refractivity (Wildman–Crippen MR) is 66.0 cm³/mol. The zero-order chi connectivity index (χ0) is 14.4. The highest BCUT2D eigenvalue weighted by atomic mass is 31.2. The van der Waals surface area contributed by atoms with Gasteiger partial charge in [-0.25, -0.2) is 0 Å². The molecule has 0 radical (unpaired) electrons. The van der Waals surface area contributed by atoms with Crippen LogP contribution in [-0.4, -0.2) is 43.4 Å². The van der Waals surface area contributed by atoms with Crippen molar-refractivity contribution in [3.63, 3.8) is 0 Å². The Hall–Kier alpha value is 0.220. The summed E-state index contributed by atoms with van der Waals surface area (Å²) in [5.41, 5.74) is 0. The van der Waals surface area contributed by atoms with E-state index in [1.54, 1.807) is 7.05 Å². The molecular formula is C8H21NO7P2. The van der Waals surface area contributed by atoms with Gasteiger partial charge < -0.3 is 30.0 Å². The molecule has 0 rings (SSSR count). The minimum absolute atomic E-state index is 0.135. The van der Waals surface area contributed by atoms with Crippen molar-refractivity contribution in [2.24, 2.45) is 0 Å². The average molecular weight is 305 g/mol. The lowest BCUT2D eigenvalue weighted by atomic mass is 10.1. The van der Waals surface area contributed by atoms with E-state index in [0.29, 0.717) is 6.42 Å². The van der Waals surface area contributed by atoms with Crippen molar-refractivity contribution >= 4 is 15.2 Å². The Morgan fingerprint density at radius 2 is 1.39 bits per heavy atom. The summed E-state index contributed by atoms with van der Waals surface area (Å²) in [7, 11) is -8.79. The third kappa shape index (κ3) is 5.07. The number of aliphatic hydroxyl groups is 1. The molecule has 0 aliphatic rings. The summed E-state index contributed by atoms with van der Waals surface area (Å²) in [6, 6.07) is 0. The molecule has 0 saturated heterocycles. The van der Waals surface area contributed by atoms with E-state index in [0.717, 1.165) is 19.4 Å². The van der Waals surface area contributed by atoms with Gasteiger partial charge in [0.05, 0.1) is 0 Å². The molecule has 0 bridgehead atoms. The van der Waals surface area contributed by atoms with E-state index in [4.69, 9.17) is 19.6 Å². The second-order valence-corrected chi connectivity index (χ2v) is 8.14. The van der Waals surface area contributed by atoms with Gasteiger partial charge in [0.25, 0.3) is 5.08 Å². The molecule has 0 spiro atoms. The van der Waals surface area contributed by atoms with Crippen LogP contribution in [0.4, 0.5) is 0 Å². The van der Waals surface area contributed by atoms with Gasteiger partial charge in [-0.3, -0.25) is 9.13 Å². The highest BCUT2D eigenvalue weighted by molar-refractivity contribution is 7.72. The van der Waals surface area contributed by atoms with Crippen LogP contribution >= 0.6 is 15.2 Å². The third-order valence-electron chi connectivity index (χ3n) is 2.62. The molecule has 6 N–H and O–H groups in total. The summed E-state index contributed by atoms with van der Waals surface area (Å²) >= 11 is 0. The summed E-state index contributed by atoms with van der Waals surface area (Å²) in [5, 5.41) is 9.21. The molecule has 0 fully saturated rings. The van der Waals surface area contributed by atoms with Crippen LogP contribution in [0.15, 0.2) is 0 Å². The highest BCUT2D eigenvalue weighted by Crippen LogP contribution is 2.69. The molecule has 18 heavy (non-hydrogen) atoms. The largest absolute Gasteiger partial charge is 0.369 e. The van der Waals surface area contributed by atoms with Crippen molar-refractivity contribution in [3.05, 3.63) is 0 Å². The Morgan fingerprint density at radius 1 is 0.944 bits per heavy atom. The van der Waals surface area contributed by atoms with E-state index >= 15 is 0 Å². The summed E-state index contributed by atoms with van der Waals surface area (Å²) in [5.74, 6) is 0. The first kappa shape index (κ1) is 18.2. The minimum Gasteiger partial charge on any atom is -0.368 e. The Kier molecular flexibility index (Phi) is 7.21. The molecule has 8 nitrogen and oxygen atoms in total. The van der Waals surface area contributed by atoms with Gasteiger partial charge in [0.2, 0.25) is 0 Å². The molecule has 0 aromatic rings. The molecule has 0 aliphatic heterocycles. The first-order valence-electron chi connectivity index (χ1n) is 5.54. The lowest BCUT2D eigenvalue weighted by Crippen LogP contribution is -2.28. The molecule has 0 saturated carbocycles. The molecule has 110 valence electrons. The summed E-state index contributed by atoms with van der Waals surface area (Å²) in [4.78, 5) is 35.5. The molecule has 0 amide bonds. The lowest BCUT2D eigenvalue weighted by Gasteiger charge is -2.29. The van der Waals surface area contributed by atoms with Crippen molar-refractivity contribution in [1.82, 2.24) is 5.32 Å². The molecular weight excluding hydrogens is 284 g/mol. The zero-order valence-corrected chi connectivity index (χ0v) is 12.0. The van der Waals surface area contributed by atoms with Gasteiger partial charge in [-0.05, 0) is 32.9 Å². The van der Waals surface area contributed by atoms with Crippen molar-refractivity contribution in [1.29, 1.82) is 0 Å². The number of hydrogen-bond donors (Lipinski definition) is 6. The molecule has 0 aromatic carbocycles. The molecule has 0 aromatic heterocycles. The van der Waals surface area contributed by atoms with Crippen LogP contribution < -0.4 is 5.32 Å². The Bertz CT molecular complexity index is 314. The summed E-state index contributed by atoms with van der Waals surface area (Å²) in [6.07, 6.45) is 1.64. The smallest absolute Gasteiger partial charge is 0.368 e. The second-order valence-electron chi connectivity index (χ2n) is 4.13. The lowest BCUT2D eigenvalue weighted by molar-refractivity contribution is 0.120. The van der Waals surface area contributed by atoms with Crippen LogP contribution in [-0.2, 0) is 9.13 Å². The third-order valence-corrected chi connectivity index (χ3v) is 6.50. The maximum atomic E-state index is 11.0. The van der Waals surface area contributed by atoms with E-state index in [9.17, 15) is 14.2 Å². The van der Waals surface area contributed by atoms with Crippen molar-refractivity contribution in [2.45, 2.75) is 37.2 Å². The second kappa shape index (κ2) is 7.12. The fraction of sp³-hybridized carbons (Fsp3) is 1.00. The molecule has 10 heteroatoms. The van der Waals surface area contributed by atoms with Gasteiger partial charge >= 0.3 is 15.2 Å². The van der Waals surface area contributed by atoms with Gasteiger partial charge in [0.1, 0.15) is 0 Å².